The van der Waals surface area contributed by atoms with Crippen LogP contribution >= 0.6 is 11.8 Å². The van der Waals surface area contributed by atoms with Gasteiger partial charge < -0.3 is 14.5 Å². The summed E-state index contributed by atoms with van der Waals surface area (Å²) < 4.78 is 5.40. The Hall–Kier alpha value is -1.62. The Morgan fingerprint density at radius 2 is 2.05 bits per heavy atom. The van der Waals surface area contributed by atoms with E-state index in [1.165, 1.54) is 0 Å². The Morgan fingerprint density at radius 3 is 2.71 bits per heavy atom. The molecule has 4 nitrogen and oxygen atoms in total. The molecule has 2 rings (SSSR count). The zero-order valence-corrected chi connectivity index (χ0v) is 13.3. The molecule has 0 spiro atoms. The summed E-state index contributed by atoms with van der Waals surface area (Å²) in [6.45, 7) is 6.90. The van der Waals surface area contributed by atoms with E-state index in [0.717, 1.165) is 43.4 Å². The van der Waals surface area contributed by atoms with Gasteiger partial charge >= 0.3 is 0 Å². The minimum atomic E-state index is 0.224. The molecule has 0 aliphatic carbocycles. The van der Waals surface area contributed by atoms with E-state index in [0.29, 0.717) is 5.75 Å². The SMILES string of the molecule is C=CCSCC(=O)N1CCN(c2ccccc2OC)CC1. The lowest BCUT2D eigenvalue weighted by Crippen LogP contribution is -2.49. The number of benzene rings is 1. The number of piperazine rings is 1. The molecule has 5 heteroatoms. The van der Waals surface area contributed by atoms with E-state index in [2.05, 4.69) is 17.5 Å². The first-order chi connectivity index (χ1) is 10.3. The van der Waals surface area contributed by atoms with E-state index in [9.17, 15) is 4.79 Å². The van der Waals surface area contributed by atoms with Crippen LogP contribution in [0.3, 0.4) is 0 Å². The molecule has 1 aromatic carbocycles. The van der Waals surface area contributed by atoms with Crippen LogP contribution in [0.5, 0.6) is 5.75 Å². The van der Waals surface area contributed by atoms with Gasteiger partial charge in [-0.05, 0) is 12.1 Å². The van der Waals surface area contributed by atoms with Gasteiger partial charge in [0.05, 0.1) is 18.6 Å². The highest BCUT2D eigenvalue weighted by Gasteiger charge is 2.22. The van der Waals surface area contributed by atoms with E-state index in [1.807, 2.05) is 29.2 Å². The highest BCUT2D eigenvalue weighted by molar-refractivity contribution is 8.00. The van der Waals surface area contributed by atoms with Crippen LogP contribution in [0.15, 0.2) is 36.9 Å². The average molecular weight is 306 g/mol. The van der Waals surface area contributed by atoms with Crippen molar-refractivity contribution < 1.29 is 9.53 Å². The Balaban J connectivity index is 1.88. The second-order valence-electron chi connectivity index (χ2n) is 4.84. The monoisotopic (exact) mass is 306 g/mol. The molecule has 1 saturated heterocycles. The highest BCUT2D eigenvalue weighted by Crippen LogP contribution is 2.28. The highest BCUT2D eigenvalue weighted by atomic mass is 32.2. The molecule has 0 radical (unpaired) electrons. The van der Waals surface area contributed by atoms with Gasteiger partial charge in [0.15, 0.2) is 0 Å². The van der Waals surface area contributed by atoms with E-state index in [4.69, 9.17) is 4.74 Å². The van der Waals surface area contributed by atoms with E-state index >= 15 is 0 Å². The summed E-state index contributed by atoms with van der Waals surface area (Å²) in [5.41, 5.74) is 1.10. The first-order valence-electron chi connectivity index (χ1n) is 7.10. The van der Waals surface area contributed by atoms with Crippen molar-refractivity contribution in [2.45, 2.75) is 0 Å². The lowest BCUT2D eigenvalue weighted by atomic mass is 10.2. The number of amides is 1. The summed E-state index contributed by atoms with van der Waals surface area (Å²) in [6.07, 6.45) is 1.83. The largest absolute Gasteiger partial charge is 0.495 e. The Morgan fingerprint density at radius 1 is 1.33 bits per heavy atom. The predicted octanol–water partition coefficient (Wildman–Crippen LogP) is 2.26. The Labute approximate surface area is 130 Å². The van der Waals surface area contributed by atoms with E-state index in [-0.39, 0.29) is 5.91 Å². The van der Waals surface area contributed by atoms with Gasteiger partial charge in [0.2, 0.25) is 5.91 Å². The Kier molecular flexibility index (Phi) is 5.99. The normalized spacial score (nSPS) is 14.9. The fraction of sp³-hybridized carbons (Fsp3) is 0.438. The van der Waals surface area contributed by atoms with Gasteiger partial charge in [0, 0.05) is 31.9 Å². The molecule has 1 fully saturated rings. The summed E-state index contributed by atoms with van der Waals surface area (Å²) in [6, 6.07) is 8.02. The molecular weight excluding hydrogens is 284 g/mol. The maximum Gasteiger partial charge on any atom is 0.232 e. The first-order valence-corrected chi connectivity index (χ1v) is 8.26. The molecule has 1 heterocycles. The molecule has 114 valence electrons. The average Bonchev–Trinajstić information content (AvgIpc) is 2.55. The van der Waals surface area contributed by atoms with Crippen LogP contribution in [0.1, 0.15) is 0 Å². The van der Waals surface area contributed by atoms with E-state index < -0.39 is 0 Å². The van der Waals surface area contributed by atoms with Crippen LogP contribution in [0, 0.1) is 0 Å². The second-order valence-corrected chi connectivity index (χ2v) is 5.87. The summed E-state index contributed by atoms with van der Waals surface area (Å²) >= 11 is 1.62. The third-order valence-electron chi connectivity index (χ3n) is 3.52. The van der Waals surface area contributed by atoms with Gasteiger partial charge in [-0.15, -0.1) is 18.3 Å². The lowest BCUT2D eigenvalue weighted by molar-refractivity contribution is -0.128. The minimum Gasteiger partial charge on any atom is -0.495 e. The zero-order chi connectivity index (χ0) is 15.1. The maximum absolute atomic E-state index is 12.1. The zero-order valence-electron chi connectivity index (χ0n) is 12.5. The number of carbonyl (C=O) groups excluding carboxylic acids is 1. The summed E-state index contributed by atoms with van der Waals surface area (Å²) in [5.74, 6) is 2.48. The van der Waals surface area contributed by atoms with Crippen LogP contribution in [-0.4, -0.2) is 55.6 Å². The molecule has 0 saturated carbocycles. The number of methoxy groups -OCH3 is 1. The third kappa shape index (κ3) is 4.17. The first kappa shape index (κ1) is 15.8. The second kappa shape index (κ2) is 7.98. The standard InChI is InChI=1S/C16H22N2O2S/c1-3-12-21-13-16(19)18-10-8-17(9-11-18)14-6-4-5-7-15(14)20-2/h3-7H,1,8-13H2,2H3. The maximum atomic E-state index is 12.1. The molecule has 1 amide bonds. The lowest BCUT2D eigenvalue weighted by Gasteiger charge is -2.36. The minimum absolute atomic E-state index is 0.224. The number of nitrogens with zero attached hydrogens (tertiary/aromatic N) is 2. The van der Waals surface area contributed by atoms with Crippen LogP contribution < -0.4 is 9.64 Å². The topological polar surface area (TPSA) is 32.8 Å². The van der Waals surface area contributed by atoms with Crippen molar-refractivity contribution in [2.75, 3.05) is 49.7 Å². The van der Waals surface area contributed by atoms with Crippen LogP contribution in [0.4, 0.5) is 5.69 Å². The number of rotatable bonds is 6. The van der Waals surface area contributed by atoms with Crippen LogP contribution in [0.25, 0.3) is 0 Å². The number of hydrogen-bond acceptors (Lipinski definition) is 4. The van der Waals surface area contributed by atoms with Gasteiger partial charge in [-0.3, -0.25) is 4.79 Å². The number of para-hydroxylation sites is 2. The molecular formula is C16H22N2O2S. The van der Waals surface area contributed by atoms with Gasteiger partial charge in [0.25, 0.3) is 0 Å². The number of carbonyl (C=O) groups is 1. The van der Waals surface area contributed by atoms with Crippen LogP contribution in [-0.2, 0) is 4.79 Å². The molecule has 0 bridgehead atoms. The summed E-state index contributed by atoms with van der Waals surface area (Å²) in [5, 5.41) is 0. The fourth-order valence-electron chi connectivity index (χ4n) is 2.41. The van der Waals surface area contributed by atoms with Crippen molar-refractivity contribution in [3.05, 3.63) is 36.9 Å². The molecule has 0 N–H and O–H groups in total. The fourth-order valence-corrected chi connectivity index (χ4v) is 3.05. The summed E-state index contributed by atoms with van der Waals surface area (Å²) in [7, 11) is 1.69. The molecule has 1 aromatic rings. The van der Waals surface area contributed by atoms with Crippen molar-refractivity contribution in [2.24, 2.45) is 0 Å². The molecule has 0 unspecified atom stereocenters. The van der Waals surface area contributed by atoms with Crippen molar-refractivity contribution in [1.82, 2.24) is 4.90 Å². The third-order valence-corrected chi connectivity index (χ3v) is 4.44. The smallest absolute Gasteiger partial charge is 0.232 e. The molecule has 21 heavy (non-hydrogen) atoms. The van der Waals surface area contributed by atoms with Crippen LogP contribution in [0.2, 0.25) is 0 Å². The number of ether oxygens (including phenoxy) is 1. The van der Waals surface area contributed by atoms with Crippen molar-refractivity contribution in [3.63, 3.8) is 0 Å². The van der Waals surface area contributed by atoms with Crippen molar-refractivity contribution in [1.29, 1.82) is 0 Å². The number of anilines is 1. The molecule has 0 aromatic heterocycles. The predicted molar refractivity (Wildman–Crippen MR) is 89.3 cm³/mol. The van der Waals surface area contributed by atoms with E-state index in [1.54, 1.807) is 18.9 Å². The summed E-state index contributed by atoms with van der Waals surface area (Å²) in [4.78, 5) is 16.3. The molecule has 1 aliphatic rings. The molecule has 1 aliphatic heterocycles. The van der Waals surface area contributed by atoms with Gasteiger partial charge in [-0.1, -0.05) is 18.2 Å². The van der Waals surface area contributed by atoms with Gasteiger partial charge in [0.1, 0.15) is 5.75 Å². The number of thioether (sulfide) groups is 1. The quantitative estimate of drug-likeness (QED) is 0.596. The molecule has 0 atom stereocenters. The van der Waals surface area contributed by atoms with Gasteiger partial charge in [-0.25, -0.2) is 0 Å². The number of hydrogen-bond donors (Lipinski definition) is 0. The van der Waals surface area contributed by atoms with Crippen molar-refractivity contribution in [3.8, 4) is 5.75 Å². The van der Waals surface area contributed by atoms with Crippen molar-refractivity contribution >= 4 is 23.4 Å². The Bertz CT molecular complexity index is 485. The van der Waals surface area contributed by atoms with Gasteiger partial charge in [-0.2, -0.15) is 0 Å².